The van der Waals surface area contributed by atoms with Gasteiger partial charge in [0.2, 0.25) is 0 Å². The summed E-state index contributed by atoms with van der Waals surface area (Å²) in [5.41, 5.74) is 1.76. The molecule has 0 spiro atoms. The fourth-order valence-corrected chi connectivity index (χ4v) is 2.85. The van der Waals surface area contributed by atoms with Gasteiger partial charge in [0.25, 0.3) is 0 Å². The van der Waals surface area contributed by atoms with Crippen molar-refractivity contribution >= 4 is 5.69 Å². The minimum absolute atomic E-state index is 0.246. The van der Waals surface area contributed by atoms with Gasteiger partial charge in [0.1, 0.15) is 0 Å². The molecule has 0 radical (unpaired) electrons. The van der Waals surface area contributed by atoms with Crippen LogP contribution in [-0.2, 0) is 0 Å². The molecular formula is C16H20N4. The van der Waals surface area contributed by atoms with Crippen molar-refractivity contribution in [1.29, 1.82) is 10.5 Å². The molecule has 0 aromatic heterocycles. The van der Waals surface area contributed by atoms with Crippen LogP contribution < -0.4 is 4.90 Å². The van der Waals surface area contributed by atoms with Crippen LogP contribution in [0.2, 0.25) is 0 Å². The Labute approximate surface area is 120 Å². The molecule has 0 bridgehead atoms. The van der Waals surface area contributed by atoms with Crippen LogP contribution >= 0.6 is 0 Å². The summed E-state index contributed by atoms with van der Waals surface area (Å²) in [5.74, 6) is 0.537. The van der Waals surface area contributed by atoms with E-state index in [1.165, 1.54) is 0 Å². The van der Waals surface area contributed by atoms with E-state index < -0.39 is 0 Å². The smallest absolute Gasteiger partial charge is 0.0992 e. The van der Waals surface area contributed by atoms with Crippen molar-refractivity contribution in [2.75, 3.05) is 31.6 Å². The number of likely N-dealkylation sites (N-methyl/N-ethyl adjacent to an activating group) is 1. The van der Waals surface area contributed by atoms with E-state index in [9.17, 15) is 0 Å². The lowest BCUT2D eigenvalue weighted by Crippen LogP contribution is -2.38. The number of nitrogens with zero attached hydrogens (tertiary/aromatic N) is 4. The molecule has 1 aromatic carbocycles. The predicted molar refractivity (Wildman–Crippen MR) is 79.2 cm³/mol. The van der Waals surface area contributed by atoms with Crippen molar-refractivity contribution < 1.29 is 0 Å². The van der Waals surface area contributed by atoms with Gasteiger partial charge >= 0.3 is 0 Å². The maximum Gasteiger partial charge on any atom is 0.0992 e. The molecule has 1 aliphatic heterocycles. The van der Waals surface area contributed by atoms with Crippen molar-refractivity contribution in [3.05, 3.63) is 29.8 Å². The summed E-state index contributed by atoms with van der Waals surface area (Å²) in [6.45, 7) is 5.03. The molecule has 1 aliphatic rings. The Kier molecular flexibility index (Phi) is 4.61. The second-order valence-electron chi connectivity index (χ2n) is 5.63. The summed E-state index contributed by atoms with van der Waals surface area (Å²) in [6, 6.07) is 12.4. The van der Waals surface area contributed by atoms with Crippen molar-refractivity contribution in [3.63, 3.8) is 0 Å². The minimum Gasteiger partial charge on any atom is -0.370 e. The highest BCUT2D eigenvalue weighted by Gasteiger charge is 2.25. The van der Waals surface area contributed by atoms with Crippen LogP contribution in [0.1, 0.15) is 18.9 Å². The normalized spacial score (nSPS) is 23.7. The third-order valence-corrected chi connectivity index (χ3v) is 3.85. The summed E-state index contributed by atoms with van der Waals surface area (Å²) in [7, 11) is 2.09. The van der Waals surface area contributed by atoms with Gasteiger partial charge in [-0.15, -0.1) is 0 Å². The van der Waals surface area contributed by atoms with E-state index in [2.05, 4.69) is 35.9 Å². The highest BCUT2D eigenvalue weighted by Crippen LogP contribution is 2.22. The zero-order valence-electron chi connectivity index (χ0n) is 12.1. The van der Waals surface area contributed by atoms with Gasteiger partial charge in [-0.05, 0) is 31.2 Å². The fraction of sp³-hybridized carbons (Fsp3) is 0.500. The van der Waals surface area contributed by atoms with Gasteiger partial charge in [0.05, 0.1) is 24.1 Å². The Morgan fingerprint density at radius 2 is 2.05 bits per heavy atom. The van der Waals surface area contributed by atoms with Crippen LogP contribution in [0.4, 0.5) is 5.69 Å². The van der Waals surface area contributed by atoms with Gasteiger partial charge in [-0.3, -0.25) is 0 Å². The topological polar surface area (TPSA) is 54.1 Å². The zero-order chi connectivity index (χ0) is 14.5. The fourth-order valence-electron chi connectivity index (χ4n) is 2.85. The SMILES string of the molecule is CC1CN(c2cccc(C#N)c2)CC(CC#N)N(C)C1. The third kappa shape index (κ3) is 3.29. The van der Waals surface area contributed by atoms with E-state index in [0.717, 1.165) is 25.3 Å². The number of benzene rings is 1. The minimum atomic E-state index is 0.246. The Morgan fingerprint density at radius 1 is 1.25 bits per heavy atom. The van der Waals surface area contributed by atoms with Gasteiger partial charge in [-0.25, -0.2) is 0 Å². The molecular weight excluding hydrogens is 248 g/mol. The Morgan fingerprint density at radius 3 is 2.75 bits per heavy atom. The molecule has 4 heteroatoms. The van der Waals surface area contributed by atoms with Crippen LogP contribution in [0.3, 0.4) is 0 Å². The maximum atomic E-state index is 9.03. The van der Waals surface area contributed by atoms with Crippen LogP contribution in [0, 0.1) is 28.6 Å². The van der Waals surface area contributed by atoms with Gasteiger partial charge in [0.15, 0.2) is 0 Å². The Bertz CT molecular complexity index is 540. The summed E-state index contributed by atoms with van der Waals surface area (Å²) >= 11 is 0. The van der Waals surface area contributed by atoms with E-state index >= 15 is 0 Å². The summed E-state index contributed by atoms with van der Waals surface area (Å²) in [6.07, 6.45) is 0.539. The lowest BCUT2D eigenvalue weighted by Gasteiger charge is -2.28. The molecule has 20 heavy (non-hydrogen) atoms. The second kappa shape index (κ2) is 6.41. The average Bonchev–Trinajstić information content (AvgIpc) is 2.58. The quantitative estimate of drug-likeness (QED) is 0.825. The third-order valence-electron chi connectivity index (χ3n) is 3.85. The molecule has 4 nitrogen and oxygen atoms in total. The van der Waals surface area contributed by atoms with E-state index in [0.29, 0.717) is 17.9 Å². The van der Waals surface area contributed by atoms with Gasteiger partial charge in [0, 0.05) is 31.4 Å². The largest absolute Gasteiger partial charge is 0.370 e. The molecule has 0 amide bonds. The van der Waals surface area contributed by atoms with Gasteiger partial charge in [-0.2, -0.15) is 10.5 Å². The first kappa shape index (κ1) is 14.4. The number of hydrogen-bond acceptors (Lipinski definition) is 4. The highest BCUT2D eigenvalue weighted by molar-refractivity contribution is 5.51. The van der Waals surface area contributed by atoms with E-state index in [-0.39, 0.29) is 6.04 Å². The first-order valence-electron chi connectivity index (χ1n) is 6.96. The van der Waals surface area contributed by atoms with Crippen LogP contribution in [0.25, 0.3) is 0 Å². The average molecular weight is 268 g/mol. The molecule has 2 atom stereocenters. The summed E-state index contributed by atoms with van der Waals surface area (Å²) in [4.78, 5) is 4.58. The summed E-state index contributed by atoms with van der Waals surface area (Å²) in [5, 5.41) is 18.0. The molecule has 104 valence electrons. The first-order chi connectivity index (χ1) is 9.63. The number of rotatable bonds is 2. The first-order valence-corrected chi connectivity index (χ1v) is 6.96. The molecule has 2 unspecified atom stereocenters. The number of anilines is 1. The molecule has 0 aliphatic carbocycles. The molecule has 1 fully saturated rings. The van der Waals surface area contributed by atoms with E-state index in [4.69, 9.17) is 10.5 Å². The zero-order valence-corrected chi connectivity index (χ0v) is 12.1. The molecule has 1 saturated heterocycles. The van der Waals surface area contributed by atoms with Crippen molar-refractivity contribution in [2.24, 2.45) is 5.92 Å². The molecule has 0 saturated carbocycles. The molecule has 1 heterocycles. The molecule has 1 aromatic rings. The van der Waals surface area contributed by atoms with Crippen molar-refractivity contribution in [1.82, 2.24) is 4.90 Å². The highest BCUT2D eigenvalue weighted by atomic mass is 15.2. The Hall–Kier alpha value is -2.04. The van der Waals surface area contributed by atoms with Gasteiger partial charge < -0.3 is 9.80 Å². The van der Waals surface area contributed by atoms with Gasteiger partial charge in [-0.1, -0.05) is 13.0 Å². The maximum absolute atomic E-state index is 9.03. The van der Waals surface area contributed by atoms with E-state index in [1.54, 1.807) is 0 Å². The monoisotopic (exact) mass is 268 g/mol. The lowest BCUT2D eigenvalue weighted by molar-refractivity contribution is 0.241. The second-order valence-corrected chi connectivity index (χ2v) is 5.63. The van der Waals surface area contributed by atoms with Crippen LogP contribution in [0.15, 0.2) is 24.3 Å². The number of hydrogen-bond donors (Lipinski definition) is 0. The number of nitriles is 2. The predicted octanol–water partition coefficient (Wildman–Crippen LogP) is 2.23. The van der Waals surface area contributed by atoms with Crippen LogP contribution in [-0.4, -0.2) is 37.6 Å². The van der Waals surface area contributed by atoms with Crippen LogP contribution in [0.5, 0.6) is 0 Å². The Balaban J connectivity index is 2.25. The lowest BCUT2D eigenvalue weighted by atomic mass is 10.1. The summed E-state index contributed by atoms with van der Waals surface area (Å²) < 4.78 is 0. The standard InChI is InChI=1S/C16H20N4/c1-13-10-19(2)16(6-7-17)12-20(11-13)15-5-3-4-14(8-15)9-18/h3-5,8,13,16H,6,10-12H2,1-2H3. The van der Waals surface area contributed by atoms with E-state index in [1.807, 2.05) is 24.3 Å². The van der Waals surface area contributed by atoms with Crippen molar-refractivity contribution in [3.8, 4) is 12.1 Å². The molecule has 2 rings (SSSR count). The van der Waals surface area contributed by atoms with Crippen molar-refractivity contribution in [2.45, 2.75) is 19.4 Å². The molecule has 0 N–H and O–H groups in total.